The maximum atomic E-state index is 12.5. The highest BCUT2D eigenvalue weighted by molar-refractivity contribution is 6.30. The van der Waals surface area contributed by atoms with Crippen LogP contribution in [0, 0.1) is 13.8 Å². The molecule has 0 amide bonds. The zero-order valence-electron chi connectivity index (χ0n) is 14.4. The number of ether oxygens (including phenoxy) is 1. The third-order valence-corrected chi connectivity index (χ3v) is 4.16. The van der Waals surface area contributed by atoms with Gasteiger partial charge in [0.15, 0.2) is 0 Å². The molecule has 2 aromatic carbocycles. The van der Waals surface area contributed by atoms with Crippen LogP contribution in [-0.4, -0.2) is 15.7 Å². The molecule has 0 saturated carbocycles. The molecule has 0 aliphatic carbocycles. The van der Waals surface area contributed by atoms with E-state index in [0.29, 0.717) is 16.5 Å². The number of carbonyl (C=O) groups is 1. The quantitative estimate of drug-likeness (QED) is 0.624. The summed E-state index contributed by atoms with van der Waals surface area (Å²) in [5.74, 6) is -0.0650. The second-order valence-electron chi connectivity index (χ2n) is 5.93. The van der Waals surface area contributed by atoms with Gasteiger partial charge < -0.3 is 4.74 Å². The van der Waals surface area contributed by atoms with Crippen molar-refractivity contribution in [2.24, 2.45) is 0 Å². The van der Waals surface area contributed by atoms with Crippen LogP contribution in [-0.2, 0) is 6.42 Å². The first kappa shape index (κ1) is 17.2. The molecular formula is C20H19ClN2O2. The summed E-state index contributed by atoms with van der Waals surface area (Å²) in [6, 6.07) is 14.6. The fourth-order valence-corrected chi connectivity index (χ4v) is 2.83. The van der Waals surface area contributed by atoms with Crippen LogP contribution in [0.2, 0.25) is 5.02 Å². The van der Waals surface area contributed by atoms with Crippen molar-refractivity contribution in [1.82, 2.24) is 9.78 Å². The Balaban J connectivity index is 1.99. The number of benzene rings is 2. The van der Waals surface area contributed by atoms with Crippen molar-refractivity contribution in [3.05, 3.63) is 75.9 Å². The Kier molecular flexibility index (Phi) is 4.91. The minimum Gasteiger partial charge on any atom is -0.404 e. The molecule has 0 unspecified atom stereocenters. The number of aryl methyl sites for hydroxylation is 3. The lowest BCUT2D eigenvalue weighted by Crippen LogP contribution is -2.12. The fraction of sp³-hybridized carbons (Fsp3) is 0.200. The first-order chi connectivity index (χ1) is 12.0. The molecule has 1 heterocycles. The number of hydrogen-bond donors (Lipinski definition) is 0. The van der Waals surface area contributed by atoms with E-state index in [0.717, 1.165) is 23.4 Å². The Morgan fingerprint density at radius 3 is 2.64 bits per heavy atom. The lowest BCUT2D eigenvalue weighted by Gasteiger charge is -2.11. The molecule has 5 heteroatoms. The molecule has 0 aliphatic rings. The molecular weight excluding hydrogens is 336 g/mol. The molecule has 0 N–H and O–H groups in total. The van der Waals surface area contributed by atoms with Gasteiger partial charge in [0, 0.05) is 11.1 Å². The summed E-state index contributed by atoms with van der Waals surface area (Å²) >= 11 is 5.96. The number of halogens is 1. The number of rotatable bonds is 4. The van der Waals surface area contributed by atoms with Gasteiger partial charge in [0.1, 0.15) is 0 Å². The second-order valence-corrected chi connectivity index (χ2v) is 6.37. The molecule has 0 atom stereocenters. The average molecular weight is 355 g/mol. The summed E-state index contributed by atoms with van der Waals surface area (Å²) in [5.41, 5.74) is 4.37. The molecule has 4 nitrogen and oxygen atoms in total. The zero-order valence-corrected chi connectivity index (χ0v) is 15.2. The SMILES string of the molecule is CCc1cc(OC(=O)c2cccc(Cl)c2)n(-c2ccc(C)cc2C)n1. The van der Waals surface area contributed by atoms with Crippen LogP contribution in [0.1, 0.15) is 34.1 Å². The Morgan fingerprint density at radius 1 is 1.16 bits per heavy atom. The van der Waals surface area contributed by atoms with E-state index in [-0.39, 0.29) is 0 Å². The Hall–Kier alpha value is -2.59. The topological polar surface area (TPSA) is 44.1 Å². The van der Waals surface area contributed by atoms with Crippen LogP contribution in [0.3, 0.4) is 0 Å². The van der Waals surface area contributed by atoms with Crippen LogP contribution in [0.5, 0.6) is 5.88 Å². The molecule has 0 fully saturated rings. The summed E-state index contributed by atoms with van der Waals surface area (Å²) in [6.45, 7) is 6.06. The Labute approximate surface area is 152 Å². The number of esters is 1. The molecule has 0 spiro atoms. The zero-order chi connectivity index (χ0) is 18.0. The van der Waals surface area contributed by atoms with Gasteiger partial charge in [-0.1, -0.05) is 42.3 Å². The highest BCUT2D eigenvalue weighted by Gasteiger charge is 2.17. The molecule has 0 aliphatic heterocycles. The van der Waals surface area contributed by atoms with Crippen molar-refractivity contribution in [1.29, 1.82) is 0 Å². The van der Waals surface area contributed by atoms with Gasteiger partial charge >= 0.3 is 5.97 Å². The van der Waals surface area contributed by atoms with Crippen molar-refractivity contribution in [3.8, 4) is 11.6 Å². The molecule has 3 rings (SSSR count). The smallest absolute Gasteiger partial charge is 0.344 e. The van der Waals surface area contributed by atoms with Gasteiger partial charge in [-0.25, -0.2) is 9.48 Å². The lowest BCUT2D eigenvalue weighted by atomic mass is 10.1. The number of nitrogens with zero attached hydrogens (tertiary/aromatic N) is 2. The lowest BCUT2D eigenvalue weighted by molar-refractivity contribution is 0.0723. The summed E-state index contributed by atoms with van der Waals surface area (Å²) < 4.78 is 7.29. The van der Waals surface area contributed by atoms with E-state index >= 15 is 0 Å². The fourth-order valence-electron chi connectivity index (χ4n) is 2.64. The Bertz CT molecular complexity index is 931. The molecule has 0 saturated heterocycles. The predicted molar refractivity (Wildman–Crippen MR) is 98.8 cm³/mol. The second kappa shape index (κ2) is 7.11. The van der Waals surface area contributed by atoms with Crippen molar-refractivity contribution >= 4 is 17.6 Å². The van der Waals surface area contributed by atoms with Crippen LogP contribution >= 0.6 is 11.6 Å². The van der Waals surface area contributed by atoms with E-state index < -0.39 is 5.97 Å². The molecule has 0 radical (unpaired) electrons. The van der Waals surface area contributed by atoms with Crippen LogP contribution in [0.15, 0.2) is 48.5 Å². The predicted octanol–water partition coefficient (Wildman–Crippen LogP) is 4.92. The van der Waals surface area contributed by atoms with E-state index in [9.17, 15) is 4.79 Å². The number of hydrogen-bond acceptors (Lipinski definition) is 3. The van der Waals surface area contributed by atoms with Crippen molar-refractivity contribution in [3.63, 3.8) is 0 Å². The van der Waals surface area contributed by atoms with Gasteiger partial charge in [0.05, 0.1) is 16.9 Å². The standard InChI is InChI=1S/C20H19ClN2O2/c1-4-17-12-19(25-20(24)15-6-5-7-16(21)11-15)23(22-17)18-9-8-13(2)10-14(18)3/h5-12H,4H2,1-3H3. The minimum absolute atomic E-state index is 0.397. The van der Waals surface area contributed by atoms with Crippen molar-refractivity contribution < 1.29 is 9.53 Å². The summed E-state index contributed by atoms with van der Waals surface area (Å²) in [4.78, 5) is 12.5. The van der Waals surface area contributed by atoms with Gasteiger partial charge in [-0.05, 0) is 50.1 Å². The van der Waals surface area contributed by atoms with E-state index in [1.807, 2.05) is 32.9 Å². The summed E-state index contributed by atoms with van der Waals surface area (Å²) in [7, 11) is 0. The van der Waals surface area contributed by atoms with Crippen molar-refractivity contribution in [2.75, 3.05) is 0 Å². The first-order valence-corrected chi connectivity index (χ1v) is 8.50. The van der Waals surface area contributed by atoms with Crippen LogP contribution in [0.4, 0.5) is 0 Å². The van der Waals surface area contributed by atoms with Gasteiger partial charge in [0.2, 0.25) is 5.88 Å². The van der Waals surface area contributed by atoms with E-state index in [2.05, 4.69) is 11.2 Å². The average Bonchev–Trinajstić information content (AvgIpc) is 2.97. The van der Waals surface area contributed by atoms with Gasteiger partial charge in [-0.15, -0.1) is 0 Å². The van der Waals surface area contributed by atoms with E-state index in [1.165, 1.54) is 5.56 Å². The molecule has 3 aromatic rings. The van der Waals surface area contributed by atoms with Crippen LogP contribution in [0.25, 0.3) is 5.69 Å². The molecule has 1 aromatic heterocycles. The maximum absolute atomic E-state index is 12.5. The third kappa shape index (κ3) is 3.74. The highest BCUT2D eigenvalue weighted by atomic mass is 35.5. The van der Waals surface area contributed by atoms with E-state index in [4.69, 9.17) is 16.3 Å². The number of aromatic nitrogens is 2. The normalized spacial score (nSPS) is 10.7. The van der Waals surface area contributed by atoms with Gasteiger partial charge in [-0.2, -0.15) is 5.10 Å². The molecule has 0 bridgehead atoms. The van der Waals surface area contributed by atoms with Gasteiger partial charge in [-0.3, -0.25) is 0 Å². The number of carbonyl (C=O) groups excluding carboxylic acids is 1. The minimum atomic E-state index is -0.462. The van der Waals surface area contributed by atoms with Gasteiger partial charge in [0.25, 0.3) is 0 Å². The highest BCUT2D eigenvalue weighted by Crippen LogP contribution is 2.24. The Morgan fingerprint density at radius 2 is 1.96 bits per heavy atom. The largest absolute Gasteiger partial charge is 0.404 e. The maximum Gasteiger partial charge on any atom is 0.344 e. The van der Waals surface area contributed by atoms with Crippen LogP contribution < -0.4 is 4.74 Å². The van der Waals surface area contributed by atoms with Crippen molar-refractivity contribution in [2.45, 2.75) is 27.2 Å². The third-order valence-electron chi connectivity index (χ3n) is 3.93. The monoisotopic (exact) mass is 354 g/mol. The molecule has 25 heavy (non-hydrogen) atoms. The summed E-state index contributed by atoms with van der Waals surface area (Å²) in [5, 5.41) is 5.06. The summed E-state index contributed by atoms with van der Waals surface area (Å²) in [6.07, 6.45) is 0.750. The molecule has 128 valence electrons. The first-order valence-electron chi connectivity index (χ1n) is 8.12. The van der Waals surface area contributed by atoms with E-state index in [1.54, 1.807) is 35.0 Å².